The third-order valence-corrected chi connectivity index (χ3v) is 5.78. The van der Waals surface area contributed by atoms with Crippen LogP contribution >= 0.6 is 11.3 Å². The maximum Gasteiger partial charge on any atom is 0.264 e. The van der Waals surface area contributed by atoms with Gasteiger partial charge in [0.2, 0.25) is 0 Å². The van der Waals surface area contributed by atoms with Crippen molar-refractivity contribution in [2.75, 3.05) is 0 Å². The number of pyridine rings is 1. The predicted octanol–water partition coefficient (Wildman–Crippen LogP) is 3.83. The van der Waals surface area contributed by atoms with Crippen molar-refractivity contribution in [3.8, 4) is 0 Å². The number of fused-ring (bicyclic) bond motifs is 1. The van der Waals surface area contributed by atoms with Crippen LogP contribution in [0.3, 0.4) is 0 Å². The molecule has 4 heteroatoms. The number of hydrogen-bond donors (Lipinski definition) is 0. The summed E-state index contributed by atoms with van der Waals surface area (Å²) < 4.78 is 0. The third-order valence-electron chi connectivity index (χ3n) is 4.56. The van der Waals surface area contributed by atoms with Gasteiger partial charge in [-0.3, -0.25) is 9.78 Å². The van der Waals surface area contributed by atoms with Gasteiger partial charge in [0.25, 0.3) is 5.91 Å². The molecule has 2 heterocycles. The van der Waals surface area contributed by atoms with Gasteiger partial charge in [-0.15, -0.1) is 11.3 Å². The first-order valence-corrected chi connectivity index (χ1v) is 8.94. The lowest BCUT2D eigenvalue weighted by Crippen LogP contribution is -2.32. The Labute approximate surface area is 135 Å². The Morgan fingerprint density at radius 3 is 2.73 bits per heavy atom. The molecule has 1 amide bonds. The van der Waals surface area contributed by atoms with Crippen molar-refractivity contribution in [3.05, 3.63) is 51.5 Å². The largest absolute Gasteiger partial charge is 0.331 e. The molecule has 0 unspecified atom stereocenters. The maximum absolute atomic E-state index is 13.0. The highest BCUT2D eigenvalue weighted by atomic mass is 32.1. The topological polar surface area (TPSA) is 33.2 Å². The van der Waals surface area contributed by atoms with Gasteiger partial charge in [-0.25, -0.2) is 0 Å². The average molecular weight is 312 g/mol. The van der Waals surface area contributed by atoms with E-state index in [-0.39, 0.29) is 5.91 Å². The van der Waals surface area contributed by atoms with E-state index < -0.39 is 0 Å². The fraction of sp³-hybridized carbons (Fsp3) is 0.444. The zero-order valence-electron chi connectivity index (χ0n) is 12.6. The van der Waals surface area contributed by atoms with Crippen molar-refractivity contribution >= 4 is 17.2 Å². The van der Waals surface area contributed by atoms with E-state index >= 15 is 0 Å². The quantitative estimate of drug-likeness (QED) is 0.859. The smallest absolute Gasteiger partial charge is 0.264 e. The van der Waals surface area contributed by atoms with Gasteiger partial charge in [-0.2, -0.15) is 0 Å². The number of aromatic nitrogens is 1. The molecule has 22 heavy (non-hydrogen) atoms. The van der Waals surface area contributed by atoms with E-state index in [1.165, 1.54) is 23.3 Å². The van der Waals surface area contributed by atoms with Gasteiger partial charge in [0.1, 0.15) is 0 Å². The van der Waals surface area contributed by atoms with Crippen LogP contribution in [0.25, 0.3) is 0 Å². The van der Waals surface area contributed by atoms with Gasteiger partial charge in [-0.05, 0) is 67.9 Å². The standard InChI is InChI=1S/C18H20N2OS/c21-18(17-11-14-3-1-2-4-16(14)22-17)20(15-5-6-15)12-13-7-9-19-10-8-13/h7-11,15H,1-6,12H2. The molecule has 0 N–H and O–H groups in total. The van der Waals surface area contributed by atoms with E-state index in [1.807, 2.05) is 12.1 Å². The normalized spacial score (nSPS) is 17.1. The minimum atomic E-state index is 0.221. The number of carbonyl (C=O) groups is 1. The molecule has 1 saturated carbocycles. The summed E-state index contributed by atoms with van der Waals surface area (Å²) in [5.74, 6) is 0.221. The molecule has 2 aliphatic carbocycles. The van der Waals surface area contributed by atoms with Crippen LogP contribution in [-0.4, -0.2) is 21.8 Å². The number of hydrogen-bond acceptors (Lipinski definition) is 3. The minimum absolute atomic E-state index is 0.221. The lowest BCUT2D eigenvalue weighted by atomic mass is 9.99. The molecule has 0 bridgehead atoms. The fourth-order valence-electron chi connectivity index (χ4n) is 3.18. The molecule has 114 valence electrons. The summed E-state index contributed by atoms with van der Waals surface area (Å²) in [5.41, 5.74) is 2.58. The van der Waals surface area contributed by atoms with Crippen molar-refractivity contribution in [1.82, 2.24) is 9.88 Å². The van der Waals surface area contributed by atoms with Gasteiger partial charge in [0.15, 0.2) is 0 Å². The van der Waals surface area contributed by atoms with Gasteiger partial charge < -0.3 is 4.90 Å². The lowest BCUT2D eigenvalue weighted by molar-refractivity contribution is 0.0735. The van der Waals surface area contributed by atoms with E-state index in [9.17, 15) is 4.79 Å². The van der Waals surface area contributed by atoms with Gasteiger partial charge >= 0.3 is 0 Å². The highest BCUT2D eigenvalue weighted by Gasteiger charge is 2.34. The SMILES string of the molecule is O=C(c1cc2c(s1)CCCC2)N(Cc1ccncc1)C1CC1. The molecule has 1 fully saturated rings. The van der Waals surface area contributed by atoms with E-state index in [0.717, 1.165) is 36.1 Å². The second-order valence-electron chi connectivity index (χ2n) is 6.29. The second-order valence-corrected chi connectivity index (χ2v) is 7.42. The van der Waals surface area contributed by atoms with E-state index in [1.54, 1.807) is 23.7 Å². The third kappa shape index (κ3) is 2.80. The first-order chi connectivity index (χ1) is 10.8. The average Bonchev–Trinajstić information content (AvgIpc) is 3.30. The molecule has 3 nitrogen and oxygen atoms in total. The molecule has 0 aliphatic heterocycles. The Kier molecular flexibility index (Phi) is 3.70. The van der Waals surface area contributed by atoms with Gasteiger partial charge in [0.05, 0.1) is 4.88 Å². The van der Waals surface area contributed by atoms with Crippen molar-refractivity contribution in [2.45, 2.75) is 51.1 Å². The Balaban J connectivity index is 1.57. The summed E-state index contributed by atoms with van der Waals surface area (Å²) in [6.07, 6.45) is 10.7. The second kappa shape index (κ2) is 5.84. The number of amides is 1. The highest BCUT2D eigenvalue weighted by molar-refractivity contribution is 7.14. The van der Waals surface area contributed by atoms with Crippen LogP contribution in [-0.2, 0) is 19.4 Å². The van der Waals surface area contributed by atoms with Crippen LogP contribution < -0.4 is 0 Å². The molecule has 0 saturated heterocycles. The molecule has 0 radical (unpaired) electrons. The molecular formula is C18H20N2OS. The summed E-state index contributed by atoms with van der Waals surface area (Å²) in [4.78, 5) is 21.5. The van der Waals surface area contributed by atoms with Crippen molar-refractivity contribution in [2.24, 2.45) is 0 Å². The number of aryl methyl sites for hydroxylation is 2. The van der Waals surface area contributed by atoms with Crippen molar-refractivity contribution < 1.29 is 4.79 Å². The number of nitrogens with zero attached hydrogens (tertiary/aromatic N) is 2. The molecule has 0 atom stereocenters. The fourth-order valence-corrected chi connectivity index (χ4v) is 4.39. The molecule has 4 rings (SSSR count). The Morgan fingerprint density at radius 1 is 1.23 bits per heavy atom. The Bertz CT molecular complexity index is 652. The summed E-state index contributed by atoms with van der Waals surface area (Å²) in [6, 6.07) is 6.59. The molecule has 2 aliphatic rings. The molecule has 0 aromatic carbocycles. The summed E-state index contributed by atoms with van der Waals surface area (Å²) >= 11 is 1.72. The maximum atomic E-state index is 13.0. The van der Waals surface area contributed by atoms with Crippen LogP contribution in [0.1, 0.15) is 51.4 Å². The van der Waals surface area contributed by atoms with Crippen LogP contribution in [0.4, 0.5) is 0 Å². The van der Waals surface area contributed by atoms with Crippen LogP contribution in [0.2, 0.25) is 0 Å². The van der Waals surface area contributed by atoms with Crippen LogP contribution in [0.5, 0.6) is 0 Å². The zero-order valence-corrected chi connectivity index (χ0v) is 13.4. The number of carbonyl (C=O) groups excluding carboxylic acids is 1. The summed E-state index contributed by atoms with van der Waals surface area (Å²) in [7, 11) is 0. The first kappa shape index (κ1) is 13.9. The Hall–Kier alpha value is -1.68. The van der Waals surface area contributed by atoms with E-state index in [4.69, 9.17) is 0 Å². The first-order valence-electron chi connectivity index (χ1n) is 8.13. The van der Waals surface area contributed by atoms with Gasteiger partial charge in [0, 0.05) is 29.9 Å². The summed E-state index contributed by atoms with van der Waals surface area (Å²) in [5, 5.41) is 0. The monoisotopic (exact) mass is 312 g/mol. The van der Waals surface area contributed by atoms with Crippen LogP contribution in [0, 0.1) is 0 Å². The summed E-state index contributed by atoms with van der Waals surface area (Å²) in [6.45, 7) is 0.703. The molecule has 0 spiro atoms. The van der Waals surface area contributed by atoms with Crippen molar-refractivity contribution in [1.29, 1.82) is 0 Å². The minimum Gasteiger partial charge on any atom is -0.331 e. The van der Waals surface area contributed by atoms with Crippen molar-refractivity contribution in [3.63, 3.8) is 0 Å². The lowest BCUT2D eigenvalue weighted by Gasteiger charge is -2.21. The highest BCUT2D eigenvalue weighted by Crippen LogP contribution is 2.34. The van der Waals surface area contributed by atoms with E-state index in [2.05, 4.69) is 16.0 Å². The number of rotatable bonds is 4. The molecular weight excluding hydrogens is 292 g/mol. The molecule has 2 aromatic heterocycles. The van der Waals surface area contributed by atoms with Gasteiger partial charge in [-0.1, -0.05) is 0 Å². The predicted molar refractivity (Wildman–Crippen MR) is 88.1 cm³/mol. The molecule has 2 aromatic rings. The zero-order chi connectivity index (χ0) is 14.9. The van der Waals surface area contributed by atoms with Crippen LogP contribution in [0.15, 0.2) is 30.6 Å². The Morgan fingerprint density at radius 2 is 2.00 bits per heavy atom. The number of thiophene rings is 1. The van der Waals surface area contributed by atoms with E-state index in [0.29, 0.717) is 12.6 Å².